The Bertz CT molecular complexity index is 454. The third kappa shape index (κ3) is 4.06. The number of hydrogen-bond donors (Lipinski definition) is 2. The molecule has 1 unspecified atom stereocenters. The molecule has 0 aromatic heterocycles. The summed E-state index contributed by atoms with van der Waals surface area (Å²) in [4.78, 5) is 10.9. The van der Waals surface area contributed by atoms with Crippen molar-refractivity contribution in [1.82, 2.24) is 5.32 Å². The van der Waals surface area contributed by atoms with Crippen LogP contribution in [0.1, 0.15) is 55.5 Å². The normalized spacial score (nSPS) is 22.1. The van der Waals surface area contributed by atoms with E-state index in [0.29, 0.717) is 17.0 Å². The number of nitrogens with one attached hydrogen (secondary N) is 1. The Kier molecular flexibility index (Phi) is 4.25. The van der Waals surface area contributed by atoms with E-state index in [-0.39, 0.29) is 0 Å². The predicted octanol–water partition coefficient (Wildman–Crippen LogP) is 3.44. The van der Waals surface area contributed by atoms with Gasteiger partial charge in [-0.15, -0.1) is 0 Å². The van der Waals surface area contributed by atoms with Gasteiger partial charge in [-0.2, -0.15) is 0 Å². The summed E-state index contributed by atoms with van der Waals surface area (Å²) in [5.74, 6) is -0.861. The summed E-state index contributed by atoms with van der Waals surface area (Å²) in [7, 11) is 0. The van der Waals surface area contributed by atoms with Crippen molar-refractivity contribution in [2.45, 2.75) is 52.1 Å². The summed E-state index contributed by atoms with van der Waals surface area (Å²) in [5.41, 5.74) is 1.84. The summed E-state index contributed by atoms with van der Waals surface area (Å²) in [6.07, 6.45) is 5.01. The summed E-state index contributed by atoms with van der Waals surface area (Å²) in [6, 6.07) is 7.73. The average Bonchev–Trinajstić information content (AvgIpc) is 2.35. The van der Waals surface area contributed by atoms with Gasteiger partial charge < -0.3 is 10.4 Å². The molecular weight excluding hydrogens is 238 g/mol. The number of carboxylic acids is 1. The van der Waals surface area contributed by atoms with Crippen molar-refractivity contribution in [3.8, 4) is 0 Å². The first-order chi connectivity index (χ1) is 8.96. The second-order valence-corrected chi connectivity index (χ2v) is 6.34. The quantitative estimate of drug-likeness (QED) is 0.873. The Morgan fingerprint density at radius 2 is 2.26 bits per heavy atom. The van der Waals surface area contributed by atoms with Gasteiger partial charge in [-0.25, -0.2) is 4.79 Å². The van der Waals surface area contributed by atoms with Crippen molar-refractivity contribution in [3.63, 3.8) is 0 Å². The van der Waals surface area contributed by atoms with Crippen molar-refractivity contribution in [2.75, 3.05) is 0 Å². The van der Waals surface area contributed by atoms with Crippen LogP contribution in [0, 0.1) is 5.41 Å². The Hall–Kier alpha value is -1.35. The second kappa shape index (κ2) is 5.74. The van der Waals surface area contributed by atoms with Gasteiger partial charge in [0, 0.05) is 12.6 Å². The van der Waals surface area contributed by atoms with E-state index in [4.69, 9.17) is 5.11 Å². The van der Waals surface area contributed by atoms with Crippen LogP contribution in [0.25, 0.3) is 0 Å². The summed E-state index contributed by atoms with van der Waals surface area (Å²) in [6.45, 7) is 5.40. The fourth-order valence-corrected chi connectivity index (χ4v) is 2.95. The van der Waals surface area contributed by atoms with Crippen LogP contribution >= 0.6 is 0 Å². The van der Waals surface area contributed by atoms with Crippen molar-refractivity contribution >= 4 is 5.97 Å². The molecule has 0 bridgehead atoms. The maximum Gasteiger partial charge on any atom is 0.335 e. The minimum Gasteiger partial charge on any atom is -0.478 e. The number of benzene rings is 1. The molecule has 0 aliphatic heterocycles. The molecule has 2 rings (SSSR count). The molecule has 0 saturated heterocycles. The lowest BCUT2D eigenvalue weighted by Gasteiger charge is -2.35. The molecule has 2 N–H and O–H groups in total. The van der Waals surface area contributed by atoms with Gasteiger partial charge in [0.15, 0.2) is 0 Å². The Labute approximate surface area is 115 Å². The fourth-order valence-electron chi connectivity index (χ4n) is 2.95. The summed E-state index contributed by atoms with van der Waals surface area (Å²) in [5, 5.41) is 12.5. The lowest BCUT2D eigenvalue weighted by atomic mass is 9.75. The molecule has 1 aliphatic carbocycles. The van der Waals surface area contributed by atoms with Gasteiger partial charge in [0.1, 0.15) is 0 Å². The largest absolute Gasteiger partial charge is 0.478 e. The van der Waals surface area contributed by atoms with Crippen LogP contribution in [0.2, 0.25) is 0 Å². The molecule has 1 aliphatic rings. The van der Waals surface area contributed by atoms with Gasteiger partial charge in [0.25, 0.3) is 0 Å². The third-order valence-electron chi connectivity index (χ3n) is 3.97. The molecule has 0 heterocycles. The number of hydrogen-bond acceptors (Lipinski definition) is 2. The highest BCUT2D eigenvalue weighted by Gasteiger charge is 2.27. The van der Waals surface area contributed by atoms with Gasteiger partial charge >= 0.3 is 5.97 Å². The molecule has 0 radical (unpaired) electrons. The highest BCUT2D eigenvalue weighted by Crippen LogP contribution is 2.35. The van der Waals surface area contributed by atoms with Gasteiger partial charge in [0.05, 0.1) is 5.56 Å². The summed E-state index contributed by atoms with van der Waals surface area (Å²) >= 11 is 0. The maximum atomic E-state index is 10.9. The first-order valence-electron chi connectivity index (χ1n) is 7.02. The molecule has 3 nitrogen and oxygen atoms in total. The Balaban J connectivity index is 1.91. The number of rotatable bonds is 4. The standard InChI is InChI=1S/C16H23NO2/c1-16(2)8-4-7-14(10-16)17-11-12-5-3-6-13(9-12)15(18)19/h3,5-6,9,14,17H,4,7-8,10-11H2,1-2H3,(H,18,19). The van der Waals surface area contributed by atoms with Crippen molar-refractivity contribution < 1.29 is 9.90 Å². The average molecular weight is 261 g/mol. The maximum absolute atomic E-state index is 10.9. The zero-order chi connectivity index (χ0) is 13.9. The van der Waals surface area contributed by atoms with E-state index < -0.39 is 5.97 Å². The first kappa shape index (κ1) is 14.1. The molecule has 104 valence electrons. The molecule has 1 saturated carbocycles. The zero-order valence-corrected chi connectivity index (χ0v) is 11.8. The topological polar surface area (TPSA) is 49.3 Å². The van der Waals surface area contributed by atoms with Crippen molar-refractivity contribution in [1.29, 1.82) is 0 Å². The molecule has 1 fully saturated rings. The van der Waals surface area contributed by atoms with Crippen LogP contribution < -0.4 is 5.32 Å². The smallest absolute Gasteiger partial charge is 0.335 e. The van der Waals surface area contributed by atoms with Crippen LogP contribution in [-0.4, -0.2) is 17.1 Å². The molecule has 0 spiro atoms. The van der Waals surface area contributed by atoms with E-state index in [1.54, 1.807) is 12.1 Å². The van der Waals surface area contributed by atoms with E-state index in [1.807, 2.05) is 12.1 Å². The lowest BCUT2D eigenvalue weighted by Crippen LogP contribution is -2.36. The van der Waals surface area contributed by atoms with Gasteiger partial charge in [-0.3, -0.25) is 0 Å². The van der Waals surface area contributed by atoms with Crippen molar-refractivity contribution in [3.05, 3.63) is 35.4 Å². The zero-order valence-electron chi connectivity index (χ0n) is 11.8. The Morgan fingerprint density at radius 1 is 1.47 bits per heavy atom. The van der Waals surface area contributed by atoms with Crippen LogP contribution in [0.4, 0.5) is 0 Å². The van der Waals surface area contributed by atoms with Gasteiger partial charge in [-0.1, -0.05) is 32.4 Å². The summed E-state index contributed by atoms with van der Waals surface area (Å²) < 4.78 is 0. The highest BCUT2D eigenvalue weighted by atomic mass is 16.4. The van der Waals surface area contributed by atoms with Crippen LogP contribution in [0.15, 0.2) is 24.3 Å². The van der Waals surface area contributed by atoms with Crippen LogP contribution in [0.5, 0.6) is 0 Å². The highest BCUT2D eigenvalue weighted by molar-refractivity contribution is 5.87. The van der Waals surface area contributed by atoms with E-state index in [1.165, 1.54) is 25.7 Å². The molecule has 3 heteroatoms. The number of carbonyl (C=O) groups is 1. The molecule has 1 aromatic rings. The minimum atomic E-state index is -0.861. The van der Waals surface area contributed by atoms with E-state index in [9.17, 15) is 4.79 Å². The molecule has 19 heavy (non-hydrogen) atoms. The van der Waals surface area contributed by atoms with Gasteiger partial charge in [0.2, 0.25) is 0 Å². The SMILES string of the molecule is CC1(C)CCCC(NCc2cccc(C(=O)O)c2)C1. The number of carboxylic acid groups (broad SMARTS) is 1. The molecule has 1 aromatic carbocycles. The van der Waals surface area contributed by atoms with Crippen molar-refractivity contribution in [2.24, 2.45) is 5.41 Å². The predicted molar refractivity (Wildman–Crippen MR) is 76.3 cm³/mol. The van der Waals surface area contributed by atoms with E-state index in [2.05, 4.69) is 19.2 Å². The molecule has 1 atom stereocenters. The molecular formula is C16H23NO2. The van der Waals surface area contributed by atoms with Crippen LogP contribution in [0.3, 0.4) is 0 Å². The molecule has 0 amide bonds. The van der Waals surface area contributed by atoms with Gasteiger partial charge in [-0.05, 0) is 42.4 Å². The fraction of sp³-hybridized carbons (Fsp3) is 0.562. The van der Waals surface area contributed by atoms with E-state index >= 15 is 0 Å². The monoisotopic (exact) mass is 261 g/mol. The second-order valence-electron chi connectivity index (χ2n) is 6.34. The first-order valence-corrected chi connectivity index (χ1v) is 7.02. The minimum absolute atomic E-state index is 0.364. The van der Waals surface area contributed by atoms with E-state index in [0.717, 1.165) is 12.1 Å². The van der Waals surface area contributed by atoms with Crippen LogP contribution in [-0.2, 0) is 6.54 Å². The number of aromatic carboxylic acids is 1. The lowest BCUT2D eigenvalue weighted by molar-refractivity contribution is 0.0696. The Morgan fingerprint density at radius 3 is 2.95 bits per heavy atom. The third-order valence-corrected chi connectivity index (χ3v) is 3.97.